The molecule has 156 valence electrons. The molecule has 2 atom stereocenters. The Balaban J connectivity index is 1.64. The van der Waals surface area contributed by atoms with Crippen LogP contribution in [0.4, 0.5) is 9.18 Å². The summed E-state index contributed by atoms with van der Waals surface area (Å²) in [5.41, 5.74) is 1.60. The lowest BCUT2D eigenvalue weighted by atomic mass is 10.0. The van der Waals surface area contributed by atoms with Gasteiger partial charge in [0.1, 0.15) is 5.82 Å². The van der Waals surface area contributed by atoms with E-state index in [2.05, 4.69) is 15.5 Å². The predicted octanol–water partition coefficient (Wildman–Crippen LogP) is 4.57. The van der Waals surface area contributed by atoms with Crippen molar-refractivity contribution in [2.75, 3.05) is 32.8 Å². The van der Waals surface area contributed by atoms with Crippen molar-refractivity contribution in [2.45, 2.75) is 19.0 Å². The molecule has 1 heterocycles. The molecular formula is C21H24Cl2FN3O2. The van der Waals surface area contributed by atoms with Gasteiger partial charge in [0.25, 0.3) is 0 Å². The lowest BCUT2D eigenvalue weighted by Gasteiger charge is -2.35. The molecule has 2 aromatic carbocycles. The summed E-state index contributed by atoms with van der Waals surface area (Å²) in [5, 5.41) is 6.83. The molecule has 0 aliphatic carbocycles. The summed E-state index contributed by atoms with van der Waals surface area (Å²) in [5.74, 6) is -0.295. The maximum Gasteiger partial charge on any atom is 0.315 e. The van der Waals surface area contributed by atoms with Crippen molar-refractivity contribution in [3.05, 3.63) is 69.5 Å². The van der Waals surface area contributed by atoms with Gasteiger partial charge in [-0.2, -0.15) is 0 Å². The van der Waals surface area contributed by atoms with Gasteiger partial charge in [-0.05, 0) is 42.3 Å². The average molecular weight is 440 g/mol. The molecule has 8 heteroatoms. The van der Waals surface area contributed by atoms with Gasteiger partial charge in [0.15, 0.2) is 0 Å². The van der Waals surface area contributed by atoms with Gasteiger partial charge in [-0.15, -0.1) is 0 Å². The zero-order valence-corrected chi connectivity index (χ0v) is 17.6. The molecule has 0 spiro atoms. The Kier molecular flexibility index (Phi) is 7.72. The van der Waals surface area contributed by atoms with E-state index in [1.807, 2.05) is 13.0 Å². The molecule has 3 rings (SSSR count). The van der Waals surface area contributed by atoms with E-state index >= 15 is 0 Å². The third kappa shape index (κ3) is 6.06. The standard InChI is InChI=1S/C21H24Cl2FN3O2/c1-14(18-6-5-16(22)12-19(18)23)26-21(28)25-13-20(27-7-9-29-10-8-27)15-3-2-4-17(24)11-15/h2-6,11-12,14,20H,7-10,13H2,1H3,(H2,25,26,28). The summed E-state index contributed by atoms with van der Waals surface area (Å²) in [7, 11) is 0. The molecule has 0 aromatic heterocycles. The molecular weight excluding hydrogens is 416 g/mol. The van der Waals surface area contributed by atoms with Crippen molar-refractivity contribution >= 4 is 29.2 Å². The fraction of sp³-hybridized carbons (Fsp3) is 0.381. The normalized spacial score (nSPS) is 16.8. The number of carbonyl (C=O) groups excluding carboxylic acids is 1. The van der Waals surface area contributed by atoms with E-state index in [0.717, 1.165) is 24.2 Å². The molecule has 0 bridgehead atoms. The maximum atomic E-state index is 13.8. The Morgan fingerprint density at radius 2 is 1.97 bits per heavy atom. The summed E-state index contributed by atoms with van der Waals surface area (Å²) in [6.45, 7) is 4.87. The number of hydrogen-bond donors (Lipinski definition) is 2. The fourth-order valence-corrected chi connectivity index (χ4v) is 4.00. The highest BCUT2D eigenvalue weighted by Gasteiger charge is 2.24. The zero-order valence-electron chi connectivity index (χ0n) is 16.1. The van der Waals surface area contributed by atoms with Crippen molar-refractivity contribution < 1.29 is 13.9 Å². The Morgan fingerprint density at radius 1 is 1.21 bits per heavy atom. The van der Waals surface area contributed by atoms with Gasteiger partial charge in [-0.25, -0.2) is 9.18 Å². The topological polar surface area (TPSA) is 53.6 Å². The summed E-state index contributed by atoms with van der Waals surface area (Å²) in [6.07, 6.45) is 0. The number of nitrogens with zero attached hydrogens (tertiary/aromatic N) is 1. The van der Waals surface area contributed by atoms with Crippen LogP contribution in [0.1, 0.15) is 30.1 Å². The van der Waals surface area contributed by atoms with E-state index in [1.165, 1.54) is 12.1 Å². The number of ether oxygens (including phenoxy) is 1. The SMILES string of the molecule is CC(NC(=O)NCC(c1cccc(F)c1)N1CCOCC1)c1ccc(Cl)cc1Cl. The van der Waals surface area contributed by atoms with Crippen LogP contribution >= 0.6 is 23.2 Å². The Bertz CT molecular complexity index is 846. The monoisotopic (exact) mass is 439 g/mol. The highest BCUT2D eigenvalue weighted by Crippen LogP contribution is 2.26. The first-order valence-electron chi connectivity index (χ1n) is 9.50. The summed E-state index contributed by atoms with van der Waals surface area (Å²) >= 11 is 12.2. The van der Waals surface area contributed by atoms with Gasteiger partial charge in [0, 0.05) is 29.7 Å². The van der Waals surface area contributed by atoms with E-state index in [9.17, 15) is 9.18 Å². The molecule has 0 radical (unpaired) electrons. The lowest BCUT2D eigenvalue weighted by molar-refractivity contribution is 0.0166. The van der Waals surface area contributed by atoms with Gasteiger partial charge in [-0.3, -0.25) is 4.90 Å². The van der Waals surface area contributed by atoms with Gasteiger partial charge in [0.2, 0.25) is 0 Å². The minimum absolute atomic E-state index is 0.144. The van der Waals surface area contributed by atoms with Crippen molar-refractivity contribution in [1.29, 1.82) is 0 Å². The zero-order chi connectivity index (χ0) is 20.8. The van der Waals surface area contributed by atoms with Crippen molar-refractivity contribution in [2.24, 2.45) is 0 Å². The maximum absolute atomic E-state index is 13.8. The molecule has 2 aromatic rings. The van der Waals surface area contributed by atoms with Crippen LogP contribution in [0.3, 0.4) is 0 Å². The number of hydrogen-bond acceptors (Lipinski definition) is 3. The molecule has 1 saturated heterocycles. The van der Waals surface area contributed by atoms with Crippen LogP contribution < -0.4 is 10.6 Å². The molecule has 0 saturated carbocycles. The second-order valence-corrected chi connectivity index (χ2v) is 7.80. The van der Waals surface area contributed by atoms with E-state index in [4.69, 9.17) is 27.9 Å². The highest BCUT2D eigenvalue weighted by atomic mass is 35.5. The fourth-order valence-electron chi connectivity index (χ4n) is 3.43. The third-order valence-electron chi connectivity index (χ3n) is 4.95. The Hall–Kier alpha value is -1.86. The molecule has 29 heavy (non-hydrogen) atoms. The lowest BCUT2D eigenvalue weighted by Crippen LogP contribution is -2.46. The summed E-state index contributed by atoms with van der Waals surface area (Å²) in [6, 6.07) is 10.9. The second-order valence-electron chi connectivity index (χ2n) is 6.96. The molecule has 2 unspecified atom stereocenters. The van der Waals surface area contributed by atoms with Crippen LogP contribution in [0.25, 0.3) is 0 Å². The molecule has 2 amide bonds. The second kappa shape index (κ2) is 10.3. The van der Waals surface area contributed by atoms with Crippen LogP contribution in [0.5, 0.6) is 0 Å². The van der Waals surface area contributed by atoms with Crippen LogP contribution in [-0.4, -0.2) is 43.8 Å². The molecule has 5 nitrogen and oxygen atoms in total. The number of morpholine rings is 1. The van der Waals surface area contributed by atoms with Gasteiger partial charge in [0.05, 0.1) is 25.3 Å². The van der Waals surface area contributed by atoms with Crippen molar-refractivity contribution in [3.63, 3.8) is 0 Å². The molecule has 1 aliphatic rings. The Labute approximate surface area is 180 Å². The van der Waals surface area contributed by atoms with Crippen LogP contribution in [-0.2, 0) is 4.74 Å². The van der Waals surface area contributed by atoms with E-state index in [0.29, 0.717) is 29.8 Å². The molecule has 1 aliphatic heterocycles. The largest absolute Gasteiger partial charge is 0.379 e. The molecule has 1 fully saturated rings. The minimum Gasteiger partial charge on any atom is -0.379 e. The number of carbonyl (C=O) groups is 1. The van der Waals surface area contributed by atoms with Crippen LogP contribution in [0, 0.1) is 5.82 Å². The van der Waals surface area contributed by atoms with Crippen molar-refractivity contribution in [3.8, 4) is 0 Å². The first-order chi connectivity index (χ1) is 13.9. The number of rotatable bonds is 6. The first kappa shape index (κ1) is 21.8. The van der Waals surface area contributed by atoms with E-state index in [1.54, 1.807) is 24.3 Å². The predicted molar refractivity (Wildman–Crippen MR) is 113 cm³/mol. The summed E-state index contributed by atoms with van der Waals surface area (Å²) in [4.78, 5) is 14.7. The Morgan fingerprint density at radius 3 is 2.66 bits per heavy atom. The smallest absolute Gasteiger partial charge is 0.315 e. The number of amides is 2. The van der Waals surface area contributed by atoms with Crippen LogP contribution in [0.2, 0.25) is 10.0 Å². The van der Waals surface area contributed by atoms with Gasteiger partial charge >= 0.3 is 6.03 Å². The van der Waals surface area contributed by atoms with E-state index in [-0.39, 0.29) is 23.9 Å². The average Bonchev–Trinajstić information content (AvgIpc) is 2.69. The highest BCUT2D eigenvalue weighted by molar-refractivity contribution is 6.35. The minimum atomic E-state index is -0.321. The quantitative estimate of drug-likeness (QED) is 0.692. The number of benzene rings is 2. The molecule has 2 N–H and O–H groups in total. The van der Waals surface area contributed by atoms with Crippen molar-refractivity contribution in [1.82, 2.24) is 15.5 Å². The summed E-state index contributed by atoms with van der Waals surface area (Å²) < 4.78 is 19.2. The number of halogens is 3. The van der Waals surface area contributed by atoms with Crippen LogP contribution in [0.15, 0.2) is 42.5 Å². The van der Waals surface area contributed by atoms with E-state index < -0.39 is 0 Å². The number of nitrogens with one attached hydrogen (secondary N) is 2. The number of urea groups is 1. The van der Waals surface area contributed by atoms with Gasteiger partial charge < -0.3 is 15.4 Å². The van der Waals surface area contributed by atoms with Gasteiger partial charge in [-0.1, -0.05) is 41.4 Å². The third-order valence-corrected chi connectivity index (χ3v) is 5.51. The first-order valence-corrected chi connectivity index (χ1v) is 10.3.